The quantitative estimate of drug-likeness (QED) is 0.848. The van der Waals surface area contributed by atoms with Crippen LogP contribution >= 0.6 is 0 Å². The number of aryl methyl sites for hydroxylation is 1. The van der Waals surface area contributed by atoms with E-state index in [9.17, 15) is 0 Å². The highest BCUT2D eigenvalue weighted by atomic mass is 15.3. The Hall–Kier alpha value is -1.20. The van der Waals surface area contributed by atoms with Crippen molar-refractivity contribution in [3.63, 3.8) is 0 Å². The van der Waals surface area contributed by atoms with Gasteiger partial charge >= 0.3 is 0 Å². The predicted octanol–water partition coefficient (Wildman–Crippen LogP) is 0.645. The third-order valence-corrected chi connectivity index (χ3v) is 3.61. The SMILES string of the molecule is CNCc1cnc(N2CCC(N(C)C)C2)nc1C. The Labute approximate surface area is 109 Å². The van der Waals surface area contributed by atoms with Crippen LogP contribution in [-0.2, 0) is 6.54 Å². The molecule has 1 aromatic rings. The van der Waals surface area contributed by atoms with Crippen LogP contribution < -0.4 is 10.2 Å². The monoisotopic (exact) mass is 249 g/mol. The fraction of sp³-hybridized carbons (Fsp3) is 0.692. The van der Waals surface area contributed by atoms with Gasteiger partial charge in [-0.25, -0.2) is 9.97 Å². The molecule has 2 heterocycles. The first-order valence-corrected chi connectivity index (χ1v) is 6.50. The summed E-state index contributed by atoms with van der Waals surface area (Å²) in [6, 6.07) is 0.617. The number of nitrogens with zero attached hydrogens (tertiary/aromatic N) is 4. The molecule has 1 aromatic heterocycles. The van der Waals surface area contributed by atoms with Crippen molar-refractivity contribution in [3.05, 3.63) is 17.5 Å². The van der Waals surface area contributed by atoms with Gasteiger partial charge in [0.25, 0.3) is 0 Å². The van der Waals surface area contributed by atoms with Gasteiger partial charge in [-0.05, 0) is 34.5 Å². The predicted molar refractivity (Wildman–Crippen MR) is 73.8 cm³/mol. The highest BCUT2D eigenvalue weighted by molar-refractivity contribution is 5.34. The maximum absolute atomic E-state index is 4.62. The number of rotatable bonds is 4. The van der Waals surface area contributed by atoms with Crippen LogP contribution in [0.2, 0.25) is 0 Å². The van der Waals surface area contributed by atoms with Crippen LogP contribution in [0.4, 0.5) is 5.95 Å². The van der Waals surface area contributed by atoms with Gasteiger partial charge in [0.15, 0.2) is 0 Å². The second kappa shape index (κ2) is 5.63. The van der Waals surface area contributed by atoms with Crippen LogP contribution in [0.25, 0.3) is 0 Å². The first-order chi connectivity index (χ1) is 8.61. The molecule has 1 aliphatic heterocycles. The van der Waals surface area contributed by atoms with Crippen molar-refractivity contribution < 1.29 is 0 Å². The molecule has 0 aromatic carbocycles. The van der Waals surface area contributed by atoms with Gasteiger partial charge in [-0.2, -0.15) is 0 Å². The lowest BCUT2D eigenvalue weighted by Gasteiger charge is -2.20. The van der Waals surface area contributed by atoms with E-state index in [1.807, 2.05) is 13.2 Å². The molecule has 2 rings (SSSR count). The van der Waals surface area contributed by atoms with E-state index >= 15 is 0 Å². The highest BCUT2D eigenvalue weighted by Crippen LogP contribution is 2.19. The van der Waals surface area contributed by atoms with Crippen LogP contribution in [0.1, 0.15) is 17.7 Å². The minimum absolute atomic E-state index is 0.617. The van der Waals surface area contributed by atoms with Crippen molar-refractivity contribution in [1.29, 1.82) is 0 Å². The van der Waals surface area contributed by atoms with E-state index in [0.717, 1.165) is 31.3 Å². The van der Waals surface area contributed by atoms with Gasteiger partial charge in [-0.15, -0.1) is 0 Å². The first-order valence-electron chi connectivity index (χ1n) is 6.50. The summed E-state index contributed by atoms with van der Waals surface area (Å²) in [6.45, 7) is 4.95. The number of nitrogens with one attached hydrogen (secondary N) is 1. The van der Waals surface area contributed by atoms with Crippen molar-refractivity contribution in [2.45, 2.75) is 25.9 Å². The topological polar surface area (TPSA) is 44.3 Å². The lowest BCUT2D eigenvalue weighted by molar-refractivity contribution is 0.315. The maximum atomic E-state index is 4.62. The van der Waals surface area contributed by atoms with Crippen LogP contribution in [0.15, 0.2) is 6.20 Å². The summed E-state index contributed by atoms with van der Waals surface area (Å²) < 4.78 is 0. The Kier molecular flexibility index (Phi) is 4.14. The Morgan fingerprint density at radius 2 is 2.28 bits per heavy atom. The molecule has 0 amide bonds. The maximum Gasteiger partial charge on any atom is 0.225 e. The van der Waals surface area contributed by atoms with Gasteiger partial charge in [-0.3, -0.25) is 0 Å². The van der Waals surface area contributed by atoms with E-state index in [1.54, 1.807) is 0 Å². The summed E-state index contributed by atoms with van der Waals surface area (Å²) in [5.74, 6) is 0.872. The molecule has 1 aliphatic rings. The molecule has 5 heteroatoms. The fourth-order valence-electron chi connectivity index (χ4n) is 2.34. The van der Waals surface area contributed by atoms with Crippen molar-refractivity contribution in [2.75, 3.05) is 39.1 Å². The zero-order valence-electron chi connectivity index (χ0n) is 11.8. The second-order valence-electron chi connectivity index (χ2n) is 5.16. The molecule has 0 radical (unpaired) electrons. The summed E-state index contributed by atoms with van der Waals surface area (Å²) in [6.07, 6.45) is 3.13. The van der Waals surface area contributed by atoms with E-state index in [-0.39, 0.29) is 0 Å². The summed E-state index contributed by atoms with van der Waals surface area (Å²) >= 11 is 0. The Morgan fingerprint density at radius 3 is 2.83 bits per heavy atom. The standard InChI is InChI=1S/C13H23N5/c1-10-11(7-14-2)8-15-13(16-10)18-6-5-12(9-18)17(3)4/h8,12,14H,5-7,9H2,1-4H3. The number of hydrogen-bond acceptors (Lipinski definition) is 5. The Bertz CT molecular complexity index is 404. The zero-order chi connectivity index (χ0) is 13.1. The Balaban J connectivity index is 2.08. The number of likely N-dealkylation sites (N-methyl/N-ethyl adjacent to an activating group) is 1. The lowest BCUT2D eigenvalue weighted by Crippen LogP contribution is -2.32. The molecule has 1 atom stereocenters. The molecular formula is C13H23N5. The molecule has 0 aliphatic carbocycles. The van der Waals surface area contributed by atoms with Crippen LogP contribution in [0.3, 0.4) is 0 Å². The zero-order valence-corrected chi connectivity index (χ0v) is 11.8. The van der Waals surface area contributed by atoms with Gasteiger partial charge in [-0.1, -0.05) is 0 Å². The highest BCUT2D eigenvalue weighted by Gasteiger charge is 2.25. The van der Waals surface area contributed by atoms with Crippen LogP contribution in [-0.4, -0.2) is 55.1 Å². The van der Waals surface area contributed by atoms with Crippen molar-refractivity contribution in [1.82, 2.24) is 20.2 Å². The fourth-order valence-corrected chi connectivity index (χ4v) is 2.34. The molecule has 0 bridgehead atoms. The third kappa shape index (κ3) is 2.79. The summed E-state index contributed by atoms with van der Waals surface area (Å²) in [4.78, 5) is 13.7. The third-order valence-electron chi connectivity index (χ3n) is 3.61. The molecule has 100 valence electrons. The Morgan fingerprint density at radius 1 is 1.50 bits per heavy atom. The largest absolute Gasteiger partial charge is 0.339 e. The van der Waals surface area contributed by atoms with Crippen molar-refractivity contribution >= 4 is 5.95 Å². The molecule has 18 heavy (non-hydrogen) atoms. The number of aromatic nitrogens is 2. The van der Waals surface area contributed by atoms with Gasteiger partial charge in [0.05, 0.1) is 0 Å². The molecule has 1 saturated heterocycles. The van der Waals surface area contributed by atoms with Gasteiger partial charge in [0.1, 0.15) is 0 Å². The van der Waals surface area contributed by atoms with Crippen molar-refractivity contribution in [3.8, 4) is 0 Å². The van der Waals surface area contributed by atoms with Gasteiger partial charge in [0.2, 0.25) is 5.95 Å². The molecular weight excluding hydrogens is 226 g/mol. The molecule has 1 fully saturated rings. The summed E-state index contributed by atoms with van der Waals surface area (Å²) in [7, 11) is 6.21. The molecule has 0 spiro atoms. The molecule has 1 N–H and O–H groups in total. The minimum Gasteiger partial charge on any atom is -0.339 e. The molecule has 0 saturated carbocycles. The van der Waals surface area contributed by atoms with Gasteiger partial charge in [0, 0.05) is 43.1 Å². The number of hydrogen-bond donors (Lipinski definition) is 1. The van der Waals surface area contributed by atoms with E-state index in [1.165, 1.54) is 12.0 Å². The molecule has 5 nitrogen and oxygen atoms in total. The normalized spacial score (nSPS) is 19.8. The van der Waals surface area contributed by atoms with Gasteiger partial charge < -0.3 is 15.1 Å². The van der Waals surface area contributed by atoms with Crippen molar-refractivity contribution in [2.24, 2.45) is 0 Å². The smallest absolute Gasteiger partial charge is 0.225 e. The van der Waals surface area contributed by atoms with E-state index < -0.39 is 0 Å². The summed E-state index contributed by atoms with van der Waals surface area (Å²) in [5, 5.41) is 3.14. The van der Waals surface area contributed by atoms with E-state index in [0.29, 0.717) is 6.04 Å². The first kappa shape index (κ1) is 13.2. The van der Waals surface area contributed by atoms with Crippen LogP contribution in [0.5, 0.6) is 0 Å². The summed E-state index contributed by atoms with van der Waals surface area (Å²) in [5.41, 5.74) is 2.24. The second-order valence-corrected chi connectivity index (χ2v) is 5.16. The average molecular weight is 249 g/mol. The number of anilines is 1. The lowest BCUT2D eigenvalue weighted by atomic mass is 10.2. The van der Waals surface area contributed by atoms with E-state index in [4.69, 9.17) is 0 Å². The molecule has 1 unspecified atom stereocenters. The van der Waals surface area contributed by atoms with Crippen LogP contribution in [0, 0.1) is 6.92 Å². The average Bonchev–Trinajstić information content (AvgIpc) is 2.81. The minimum atomic E-state index is 0.617. The van der Waals surface area contributed by atoms with E-state index in [2.05, 4.69) is 46.1 Å².